The van der Waals surface area contributed by atoms with Crippen molar-refractivity contribution >= 4 is 46.2 Å². The van der Waals surface area contributed by atoms with E-state index in [1.165, 1.54) is 58.9 Å². The second-order valence-corrected chi connectivity index (χ2v) is 31.5. The van der Waals surface area contributed by atoms with Crippen molar-refractivity contribution in [2.75, 3.05) is 108 Å². The summed E-state index contributed by atoms with van der Waals surface area (Å²) in [6.07, 6.45) is 4.10. The molecule has 11 aromatic rings. The highest BCUT2D eigenvalue weighted by Gasteiger charge is 2.60. The summed E-state index contributed by atoms with van der Waals surface area (Å²) in [4.78, 5) is 56.7. The minimum Gasteiger partial charge on any atom is -0.488 e. The Balaban J connectivity index is 0.550. The van der Waals surface area contributed by atoms with Gasteiger partial charge in [0.1, 0.15) is 84.5 Å². The lowest BCUT2D eigenvalue weighted by Gasteiger charge is -2.43. The highest BCUT2D eigenvalue weighted by atomic mass is 19.1. The summed E-state index contributed by atoms with van der Waals surface area (Å²) >= 11 is 0. The third kappa shape index (κ3) is 14.5. The number of piperazine rings is 2. The van der Waals surface area contributed by atoms with E-state index in [1.54, 1.807) is 0 Å². The van der Waals surface area contributed by atoms with Crippen LogP contribution in [0.2, 0.25) is 0 Å². The number of hydrogen-bond acceptors (Lipinski definition) is 16. The molecule has 8 heterocycles. The molecule has 0 bridgehead atoms. The topological polar surface area (TPSA) is 177 Å². The van der Waals surface area contributed by atoms with E-state index in [-0.39, 0.29) is 74.8 Å². The molecule has 116 heavy (non-hydrogen) atoms. The first-order valence-electron chi connectivity index (χ1n) is 39.5. The van der Waals surface area contributed by atoms with Crippen molar-refractivity contribution in [1.29, 1.82) is 0 Å². The number of anilines is 6. The number of carbonyl (C=O) groups is 2. The van der Waals surface area contributed by atoms with E-state index in [9.17, 15) is 8.78 Å². The summed E-state index contributed by atoms with van der Waals surface area (Å²) in [7, 11) is 0. The molecule has 598 valence electrons. The average molecular weight is 1570 g/mol. The summed E-state index contributed by atoms with van der Waals surface area (Å²) < 4.78 is 98.6. The van der Waals surface area contributed by atoms with E-state index in [1.807, 2.05) is 105 Å². The molecule has 2 aromatic heterocycles. The second-order valence-electron chi connectivity index (χ2n) is 31.5. The maximum Gasteiger partial charge on any atom is 0.326 e. The molecule has 8 atom stereocenters. The second kappa shape index (κ2) is 31.7. The van der Waals surface area contributed by atoms with Crippen LogP contribution >= 0.6 is 0 Å². The fourth-order valence-corrected chi connectivity index (χ4v) is 18.3. The average Bonchev–Trinajstić information content (AvgIpc) is 1.55. The predicted molar refractivity (Wildman–Crippen MR) is 433 cm³/mol. The fraction of sp³-hybridized carbons (Fsp3) is 0.333. The number of rotatable bonds is 24. The maximum atomic E-state index is 15.6. The molecule has 0 radical (unpaired) electrons. The van der Waals surface area contributed by atoms with Crippen molar-refractivity contribution in [3.8, 4) is 11.5 Å². The van der Waals surface area contributed by atoms with Gasteiger partial charge in [-0.05, 0) is 173 Å². The highest BCUT2D eigenvalue weighted by molar-refractivity contribution is 5.98. The van der Waals surface area contributed by atoms with Crippen LogP contribution in [0.1, 0.15) is 87.0 Å². The van der Waals surface area contributed by atoms with Gasteiger partial charge in [0.25, 0.3) is 0 Å². The minimum absolute atomic E-state index is 0.00507. The molecule has 0 aliphatic carbocycles. The van der Waals surface area contributed by atoms with Crippen LogP contribution in [-0.4, -0.2) is 155 Å². The molecule has 6 saturated heterocycles. The zero-order valence-electron chi connectivity index (χ0n) is 65.5. The number of benzene rings is 9. The lowest BCUT2D eigenvalue weighted by atomic mass is 9.76. The minimum atomic E-state index is -1.29. The predicted octanol–water partition coefficient (Wildman–Crippen LogP) is 15.4. The molecule has 9 aromatic carbocycles. The molecule has 0 saturated carbocycles. The number of urea groups is 2. The van der Waals surface area contributed by atoms with E-state index in [4.69, 9.17) is 28.4 Å². The molecule has 6 fully saturated rings. The van der Waals surface area contributed by atoms with Gasteiger partial charge < -0.3 is 57.8 Å². The molecule has 0 N–H and O–H groups in total. The number of ether oxygens (including phenoxy) is 6. The van der Waals surface area contributed by atoms with Crippen molar-refractivity contribution in [2.45, 2.75) is 114 Å². The van der Waals surface area contributed by atoms with E-state index < -0.39 is 70.2 Å². The van der Waals surface area contributed by atoms with Gasteiger partial charge in [-0.25, -0.2) is 46.5 Å². The highest BCUT2D eigenvalue weighted by Crippen LogP contribution is 2.56. The van der Waals surface area contributed by atoms with Gasteiger partial charge in [0.15, 0.2) is 12.6 Å². The number of halogens is 4. The first-order valence-corrected chi connectivity index (χ1v) is 39.5. The Bertz CT molecular complexity index is 4900. The summed E-state index contributed by atoms with van der Waals surface area (Å²) in [6, 6.07) is 67.3. The maximum absolute atomic E-state index is 15.6. The molecule has 6 aliphatic heterocycles. The Morgan fingerprint density at radius 2 is 0.750 bits per heavy atom. The summed E-state index contributed by atoms with van der Waals surface area (Å²) in [5, 5.41) is 8.38. The number of hydrogen-bond donors (Lipinski definition) is 0. The van der Waals surface area contributed by atoms with Gasteiger partial charge in [-0.1, -0.05) is 97.1 Å². The van der Waals surface area contributed by atoms with Crippen molar-refractivity contribution in [3.05, 3.63) is 300 Å². The van der Waals surface area contributed by atoms with Crippen LogP contribution in [0.25, 0.3) is 0 Å². The molecule has 4 amide bonds. The molecular formula is C90H92F4N14O8. The number of carbonyl (C=O) groups excluding carboxylic acids is 2. The quantitative estimate of drug-likeness (QED) is 0.0522. The Kier molecular flexibility index (Phi) is 21.0. The van der Waals surface area contributed by atoms with Crippen LogP contribution < -0.4 is 38.9 Å². The standard InChI is InChI=1S/C90H92F4N14O8/c1-61(2)107-85(109)105(73-27-23-69(24-28-73)99-41-45-101(46-42-99)71-31-35-75(36-32-71)111-51-81-113-55-89(115-81,53-103-59-95-57-97-103)77-39-21-67(91)49-79(77)93)83(63-13-9-7-10-14-63)87(107,5)65-17-19-66(20-18-65)88(6)84(64-15-11-8-12-16-64)106(86(110)108(88)62(3)4)74-29-25-70(26-30-74)100-43-47-102(48-44-100)72-33-37-76(38-34-72)112-52-82-114-56-90(116-82,54-104-60-96-58-98-104)78-40-22-68(92)50-80(78)94/h7-40,49-50,57-62,81-84H,41-48,51-56H2,1-6H3/t81-,82-,83?,84?,87?,88?,89+,90+/m0/s1. The SMILES string of the molecule is CC(C)N1C(=O)N(c2ccc(N3CCN(c4ccc(OC[C@H]5OC[C@](Cn6cncn6)(c6ccc(F)cc6F)O5)cc4)CC3)cc2)C(c2ccccc2)C1(C)c1ccc(C2(C)C(c3ccccc3)N(c3ccc(N4CCN(c5ccc(OC[C@H]6OC[C@](Cn7cncn7)(c7ccc(F)cc7F)O6)cc5)CC4)cc3)C(=O)N2C(C)C)cc1. The monoisotopic (exact) mass is 1570 g/mol. The molecule has 22 nitrogen and oxygen atoms in total. The smallest absolute Gasteiger partial charge is 0.326 e. The van der Waals surface area contributed by atoms with Crippen LogP contribution in [0.15, 0.2) is 244 Å². The molecule has 0 spiro atoms. The van der Waals surface area contributed by atoms with Gasteiger partial charge in [-0.2, -0.15) is 10.2 Å². The Hall–Kier alpha value is -11.8. The zero-order chi connectivity index (χ0) is 80.0. The van der Waals surface area contributed by atoms with Crippen molar-refractivity contribution in [2.24, 2.45) is 0 Å². The summed E-state index contributed by atoms with van der Waals surface area (Å²) in [6.45, 7) is 19.1. The van der Waals surface area contributed by atoms with Gasteiger partial charge in [0, 0.05) is 122 Å². The van der Waals surface area contributed by atoms with E-state index >= 15 is 18.4 Å². The Morgan fingerprint density at radius 1 is 0.422 bits per heavy atom. The van der Waals surface area contributed by atoms with Gasteiger partial charge in [0.2, 0.25) is 0 Å². The fourth-order valence-electron chi connectivity index (χ4n) is 18.3. The summed E-state index contributed by atoms with van der Waals surface area (Å²) in [5.74, 6) is -1.65. The van der Waals surface area contributed by atoms with Crippen LogP contribution in [0, 0.1) is 23.3 Å². The van der Waals surface area contributed by atoms with E-state index in [2.05, 4.69) is 178 Å². The third-order valence-corrected chi connectivity index (χ3v) is 23.8. The van der Waals surface area contributed by atoms with E-state index in [0.717, 1.165) is 121 Å². The first kappa shape index (κ1) is 76.8. The third-order valence-electron chi connectivity index (χ3n) is 23.8. The van der Waals surface area contributed by atoms with Crippen molar-refractivity contribution in [3.63, 3.8) is 0 Å². The molecule has 4 unspecified atom stereocenters. The van der Waals surface area contributed by atoms with Crippen LogP contribution in [0.4, 0.5) is 61.3 Å². The molecule has 6 aliphatic rings. The number of amides is 4. The van der Waals surface area contributed by atoms with Crippen molar-refractivity contribution < 1.29 is 55.6 Å². The lowest BCUT2D eigenvalue weighted by Crippen LogP contribution is -2.48. The largest absolute Gasteiger partial charge is 0.488 e. The number of aromatic nitrogens is 6. The van der Waals surface area contributed by atoms with Crippen LogP contribution in [0.3, 0.4) is 0 Å². The van der Waals surface area contributed by atoms with Crippen molar-refractivity contribution in [1.82, 2.24) is 39.3 Å². The molecule has 17 rings (SSSR count). The van der Waals surface area contributed by atoms with E-state index in [0.29, 0.717) is 11.5 Å². The normalized spacial score (nSPS) is 23.8. The van der Waals surface area contributed by atoms with Gasteiger partial charge in [-0.3, -0.25) is 9.80 Å². The Labute approximate surface area is 671 Å². The zero-order valence-corrected chi connectivity index (χ0v) is 65.5. The Morgan fingerprint density at radius 3 is 1.06 bits per heavy atom. The van der Waals surface area contributed by atoms with Gasteiger partial charge in [0.05, 0.1) is 49.5 Å². The lowest BCUT2D eigenvalue weighted by molar-refractivity contribution is -0.117. The molecule has 26 heteroatoms. The van der Waals surface area contributed by atoms with Gasteiger partial charge >= 0.3 is 12.1 Å². The van der Waals surface area contributed by atoms with Gasteiger partial charge in [-0.15, -0.1) is 0 Å². The first-order chi connectivity index (χ1) is 56.2. The number of nitrogens with zero attached hydrogens (tertiary/aromatic N) is 14. The van der Waals surface area contributed by atoms with Crippen LogP contribution in [-0.2, 0) is 54.3 Å². The molecular weight excluding hydrogens is 1480 g/mol. The summed E-state index contributed by atoms with van der Waals surface area (Å²) in [5.41, 5.74) is 5.70. The van der Waals surface area contributed by atoms with Crippen LogP contribution in [0.5, 0.6) is 11.5 Å².